The SMILES string of the molecule is CC(C)(C)c1nc2ccc(Br)cc2c(=O)n1N=Cc1ccc(OCC#N)c(Cl)c1. The fraction of sp³-hybridized carbons (Fsp3) is 0.238. The number of nitriles is 1. The van der Waals surface area contributed by atoms with Crippen LogP contribution < -0.4 is 10.3 Å². The number of fused-ring (bicyclic) bond motifs is 1. The Morgan fingerprint density at radius 1 is 1.31 bits per heavy atom. The standard InChI is InChI=1S/C21H18BrClN4O2/c1-21(2,3)20-26-17-6-5-14(22)11-15(17)19(28)27(20)25-12-13-4-7-18(16(23)10-13)29-9-8-24/h4-7,10-12H,9H2,1-3H3. The minimum atomic E-state index is -0.398. The van der Waals surface area contributed by atoms with E-state index in [4.69, 9.17) is 21.6 Å². The number of benzene rings is 2. The molecule has 0 aliphatic heterocycles. The number of halogens is 2. The number of nitrogens with zero attached hydrogens (tertiary/aromatic N) is 4. The zero-order valence-electron chi connectivity index (χ0n) is 16.1. The van der Waals surface area contributed by atoms with Gasteiger partial charge in [-0.25, -0.2) is 4.98 Å². The van der Waals surface area contributed by atoms with Crippen LogP contribution in [-0.2, 0) is 5.41 Å². The third-order valence-corrected chi connectivity index (χ3v) is 4.84. The number of hydrogen-bond donors (Lipinski definition) is 0. The van der Waals surface area contributed by atoms with Crippen LogP contribution in [-0.4, -0.2) is 22.5 Å². The van der Waals surface area contributed by atoms with E-state index in [1.807, 2.05) is 39.0 Å². The maximum absolute atomic E-state index is 13.1. The quantitative estimate of drug-likeness (QED) is 0.505. The van der Waals surface area contributed by atoms with Crippen molar-refractivity contribution in [2.24, 2.45) is 5.10 Å². The smallest absolute Gasteiger partial charge is 0.282 e. The highest BCUT2D eigenvalue weighted by atomic mass is 79.9. The van der Waals surface area contributed by atoms with E-state index in [9.17, 15) is 4.79 Å². The van der Waals surface area contributed by atoms with Gasteiger partial charge in [0.15, 0.2) is 6.61 Å². The fourth-order valence-corrected chi connectivity index (χ4v) is 3.29. The van der Waals surface area contributed by atoms with Crippen LogP contribution in [0.3, 0.4) is 0 Å². The van der Waals surface area contributed by atoms with Gasteiger partial charge in [-0.2, -0.15) is 15.0 Å². The summed E-state index contributed by atoms with van der Waals surface area (Å²) < 4.78 is 7.36. The lowest BCUT2D eigenvalue weighted by Gasteiger charge is -2.20. The van der Waals surface area contributed by atoms with Gasteiger partial charge in [-0.1, -0.05) is 48.3 Å². The molecule has 0 aliphatic rings. The zero-order valence-corrected chi connectivity index (χ0v) is 18.5. The van der Waals surface area contributed by atoms with Crippen LogP contribution in [0.1, 0.15) is 32.2 Å². The molecule has 0 unspecified atom stereocenters. The lowest BCUT2D eigenvalue weighted by molar-refractivity contribution is 0.368. The lowest BCUT2D eigenvalue weighted by atomic mass is 9.95. The van der Waals surface area contributed by atoms with Crippen molar-refractivity contribution < 1.29 is 4.74 Å². The van der Waals surface area contributed by atoms with Gasteiger partial charge in [-0.3, -0.25) is 4.79 Å². The molecule has 3 aromatic rings. The van der Waals surface area contributed by atoms with Crippen LogP contribution >= 0.6 is 27.5 Å². The molecule has 0 fully saturated rings. The van der Waals surface area contributed by atoms with Crippen molar-refractivity contribution in [3.63, 3.8) is 0 Å². The number of hydrogen-bond acceptors (Lipinski definition) is 5. The van der Waals surface area contributed by atoms with E-state index in [2.05, 4.69) is 26.0 Å². The summed E-state index contributed by atoms with van der Waals surface area (Å²) >= 11 is 9.59. The van der Waals surface area contributed by atoms with Crippen LogP contribution in [0.5, 0.6) is 5.75 Å². The molecule has 8 heteroatoms. The van der Waals surface area contributed by atoms with Gasteiger partial charge in [-0.05, 0) is 42.0 Å². The third kappa shape index (κ3) is 4.66. The molecule has 0 amide bonds. The first-order chi connectivity index (χ1) is 13.7. The molecule has 0 aliphatic carbocycles. The minimum absolute atomic E-state index is 0.0875. The van der Waals surface area contributed by atoms with Gasteiger partial charge in [0.25, 0.3) is 5.56 Å². The molecular formula is C21H18BrClN4O2. The monoisotopic (exact) mass is 472 g/mol. The Morgan fingerprint density at radius 3 is 2.72 bits per heavy atom. The van der Waals surface area contributed by atoms with Crippen molar-refractivity contribution in [1.29, 1.82) is 5.26 Å². The van der Waals surface area contributed by atoms with Gasteiger partial charge in [-0.15, -0.1) is 0 Å². The summed E-state index contributed by atoms with van der Waals surface area (Å²) in [6, 6.07) is 12.4. The molecule has 0 atom stereocenters. The maximum Gasteiger partial charge on any atom is 0.282 e. The predicted molar refractivity (Wildman–Crippen MR) is 118 cm³/mol. The predicted octanol–water partition coefficient (Wildman–Crippen LogP) is 4.89. The Bertz CT molecular complexity index is 1210. The average Bonchev–Trinajstić information content (AvgIpc) is 2.66. The summed E-state index contributed by atoms with van der Waals surface area (Å²) in [5.41, 5.74) is 0.652. The van der Waals surface area contributed by atoms with Crippen LogP contribution in [0.25, 0.3) is 10.9 Å². The molecule has 1 aromatic heterocycles. The maximum atomic E-state index is 13.1. The van der Waals surface area contributed by atoms with E-state index in [0.29, 0.717) is 33.1 Å². The van der Waals surface area contributed by atoms with Crippen LogP contribution in [0, 0.1) is 11.3 Å². The van der Waals surface area contributed by atoms with Crippen LogP contribution in [0.15, 0.2) is 50.8 Å². The Labute approximate surface area is 181 Å². The van der Waals surface area contributed by atoms with E-state index >= 15 is 0 Å². The van der Waals surface area contributed by atoms with Gasteiger partial charge in [0.05, 0.1) is 22.1 Å². The fourth-order valence-electron chi connectivity index (χ4n) is 2.69. The second-order valence-corrected chi connectivity index (χ2v) is 8.67. The van der Waals surface area contributed by atoms with Crippen molar-refractivity contribution in [2.45, 2.75) is 26.2 Å². The van der Waals surface area contributed by atoms with Gasteiger partial charge >= 0.3 is 0 Å². The van der Waals surface area contributed by atoms with Gasteiger partial charge in [0.1, 0.15) is 17.6 Å². The molecular weight excluding hydrogens is 456 g/mol. The Morgan fingerprint density at radius 2 is 2.07 bits per heavy atom. The molecule has 0 bridgehead atoms. The number of rotatable bonds is 4. The van der Waals surface area contributed by atoms with Crippen LogP contribution in [0.2, 0.25) is 5.02 Å². The first kappa shape index (κ1) is 21.0. The minimum Gasteiger partial charge on any atom is -0.477 e. The molecule has 0 N–H and O–H groups in total. The first-order valence-corrected chi connectivity index (χ1v) is 9.94. The number of aromatic nitrogens is 2. The van der Waals surface area contributed by atoms with Crippen molar-refractivity contribution in [3.8, 4) is 11.8 Å². The normalized spacial score (nSPS) is 11.7. The van der Waals surface area contributed by atoms with Crippen molar-refractivity contribution >= 4 is 44.6 Å². The molecule has 6 nitrogen and oxygen atoms in total. The van der Waals surface area contributed by atoms with Gasteiger partial charge < -0.3 is 4.74 Å². The topological polar surface area (TPSA) is 80.3 Å². The zero-order chi connectivity index (χ0) is 21.2. The first-order valence-electron chi connectivity index (χ1n) is 8.77. The molecule has 0 radical (unpaired) electrons. The molecule has 148 valence electrons. The Hall–Kier alpha value is -2.69. The molecule has 0 saturated heterocycles. The highest BCUT2D eigenvalue weighted by Gasteiger charge is 2.22. The number of ether oxygens (including phenoxy) is 1. The molecule has 2 aromatic carbocycles. The second kappa shape index (κ2) is 8.36. The summed E-state index contributed by atoms with van der Waals surface area (Å²) in [7, 11) is 0. The van der Waals surface area contributed by atoms with E-state index in [-0.39, 0.29) is 12.2 Å². The molecule has 3 rings (SSSR count). The highest BCUT2D eigenvalue weighted by Crippen LogP contribution is 2.25. The summed E-state index contributed by atoms with van der Waals surface area (Å²) in [4.78, 5) is 17.8. The van der Waals surface area contributed by atoms with Crippen LogP contribution in [0.4, 0.5) is 0 Å². The summed E-state index contributed by atoms with van der Waals surface area (Å²) in [5, 5.41) is 13.8. The Kier molecular flexibility index (Phi) is 6.06. The van der Waals surface area contributed by atoms with E-state index in [1.54, 1.807) is 30.5 Å². The second-order valence-electron chi connectivity index (χ2n) is 7.35. The molecule has 1 heterocycles. The van der Waals surface area contributed by atoms with E-state index in [1.165, 1.54) is 4.68 Å². The average molecular weight is 474 g/mol. The largest absolute Gasteiger partial charge is 0.477 e. The van der Waals surface area contributed by atoms with E-state index < -0.39 is 5.41 Å². The Balaban J connectivity index is 2.09. The summed E-state index contributed by atoms with van der Waals surface area (Å²) in [6.45, 7) is 5.84. The van der Waals surface area contributed by atoms with E-state index in [0.717, 1.165) is 4.47 Å². The highest BCUT2D eigenvalue weighted by molar-refractivity contribution is 9.10. The van der Waals surface area contributed by atoms with Crippen molar-refractivity contribution in [2.75, 3.05) is 6.61 Å². The summed E-state index contributed by atoms with van der Waals surface area (Å²) in [5.74, 6) is 0.962. The molecule has 0 spiro atoms. The van der Waals surface area contributed by atoms with Crippen molar-refractivity contribution in [3.05, 3.63) is 67.6 Å². The van der Waals surface area contributed by atoms with Gasteiger partial charge in [0, 0.05) is 9.89 Å². The summed E-state index contributed by atoms with van der Waals surface area (Å²) in [6.07, 6.45) is 1.54. The molecule has 29 heavy (non-hydrogen) atoms. The lowest BCUT2D eigenvalue weighted by Crippen LogP contribution is -2.29. The van der Waals surface area contributed by atoms with Crippen molar-refractivity contribution in [1.82, 2.24) is 9.66 Å². The third-order valence-electron chi connectivity index (χ3n) is 4.05. The molecule has 0 saturated carbocycles. The van der Waals surface area contributed by atoms with Gasteiger partial charge in [0.2, 0.25) is 0 Å².